The maximum Gasteiger partial charge on any atom is 0.335 e. The van der Waals surface area contributed by atoms with Gasteiger partial charge < -0.3 is 10.4 Å². The highest BCUT2D eigenvalue weighted by Crippen LogP contribution is 2.76. The summed E-state index contributed by atoms with van der Waals surface area (Å²) < 4.78 is 1.63. The number of fused-ring (bicyclic) bond motifs is 7. The monoisotopic (exact) mass is 638 g/mol. The summed E-state index contributed by atoms with van der Waals surface area (Å²) in [7, 11) is 0. The van der Waals surface area contributed by atoms with E-state index in [9.17, 15) is 14.7 Å². The summed E-state index contributed by atoms with van der Waals surface area (Å²) in [6.45, 7) is 19.7. The molecule has 7 rings (SSSR count). The van der Waals surface area contributed by atoms with Crippen LogP contribution in [0.15, 0.2) is 54.9 Å². The summed E-state index contributed by atoms with van der Waals surface area (Å²) in [5.41, 5.74) is 4.55. The van der Waals surface area contributed by atoms with Gasteiger partial charge in [0.1, 0.15) is 6.54 Å². The second kappa shape index (κ2) is 10.9. The predicted octanol–water partition coefficient (Wildman–Crippen LogP) is 8.20. The topological polar surface area (TPSA) is 97.1 Å². The van der Waals surface area contributed by atoms with Crippen molar-refractivity contribution in [1.82, 2.24) is 20.3 Å². The third-order valence-electron chi connectivity index (χ3n) is 15.3. The average Bonchev–Trinajstić information content (AvgIpc) is 3.65. The summed E-state index contributed by atoms with van der Waals surface area (Å²) in [6, 6.07) is 7.53. The van der Waals surface area contributed by atoms with E-state index in [1.165, 1.54) is 36.8 Å². The summed E-state index contributed by atoms with van der Waals surface area (Å²) in [5, 5.41) is 21.1. The second-order valence-corrected chi connectivity index (χ2v) is 17.4. The highest BCUT2D eigenvalue weighted by molar-refractivity contribution is 5.88. The molecule has 1 aromatic heterocycles. The van der Waals surface area contributed by atoms with Crippen molar-refractivity contribution < 1.29 is 14.7 Å². The molecule has 252 valence electrons. The number of carbonyl (C=O) groups excluding carboxylic acids is 1. The summed E-state index contributed by atoms with van der Waals surface area (Å²) in [5.74, 6) is 1.74. The molecule has 9 atom stereocenters. The Hall–Kier alpha value is -3.22. The van der Waals surface area contributed by atoms with E-state index in [1.54, 1.807) is 29.2 Å². The van der Waals surface area contributed by atoms with Crippen LogP contribution in [0.4, 0.5) is 0 Å². The van der Waals surface area contributed by atoms with E-state index in [4.69, 9.17) is 0 Å². The Labute approximate surface area is 280 Å². The number of nitrogens with zero attached hydrogens (tertiary/aromatic N) is 3. The lowest BCUT2D eigenvalue weighted by molar-refractivity contribution is -0.219. The smallest absolute Gasteiger partial charge is 0.335 e. The molecule has 7 heteroatoms. The molecule has 3 unspecified atom stereocenters. The maximum absolute atomic E-state index is 13.5. The number of nitrogens with one attached hydrogen (secondary N) is 1. The summed E-state index contributed by atoms with van der Waals surface area (Å²) in [6.07, 6.45) is 16.2. The second-order valence-electron chi connectivity index (χ2n) is 17.4. The quantitative estimate of drug-likeness (QED) is 0.311. The van der Waals surface area contributed by atoms with Crippen LogP contribution in [0.25, 0.3) is 5.57 Å². The highest BCUT2D eigenvalue weighted by atomic mass is 16.4. The molecule has 2 N–H and O–H groups in total. The minimum Gasteiger partial charge on any atom is -0.478 e. The lowest BCUT2D eigenvalue weighted by Gasteiger charge is -2.72. The van der Waals surface area contributed by atoms with E-state index in [-0.39, 0.29) is 39.7 Å². The lowest BCUT2D eigenvalue weighted by atomic mass is 9.33. The Kier molecular flexibility index (Phi) is 7.50. The van der Waals surface area contributed by atoms with Crippen LogP contribution in [0.5, 0.6) is 0 Å². The molecule has 0 aliphatic heterocycles. The normalized spacial score (nSPS) is 40.2. The molecule has 47 heavy (non-hydrogen) atoms. The van der Waals surface area contributed by atoms with Crippen molar-refractivity contribution in [3.8, 4) is 0 Å². The van der Waals surface area contributed by atoms with Crippen molar-refractivity contribution in [3.05, 3.63) is 66.0 Å². The van der Waals surface area contributed by atoms with E-state index in [0.29, 0.717) is 35.2 Å². The Bertz CT molecular complexity index is 1610. The fourth-order valence-corrected chi connectivity index (χ4v) is 13.0. The number of aromatic nitrogens is 3. The van der Waals surface area contributed by atoms with E-state index < -0.39 is 5.97 Å². The van der Waals surface area contributed by atoms with Crippen molar-refractivity contribution in [2.45, 2.75) is 111 Å². The number of carboxylic acids is 1. The number of allylic oxidation sites excluding steroid dienone is 3. The van der Waals surface area contributed by atoms with Crippen molar-refractivity contribution >= 4 is 17.4 Å². The van der Waals surface area contributed by atoms with Gasteiger partial charge in [0.15, 0.2) is 0 Å². The zero-order valence-electron chi connectivity index (χ0n) is 29.3. The van der Waals surface area contributed by atoms with Gasteiger partial charge in [-0.15, -0.1) is 5.10 Å². The lowest BCUT2D eigenvalue weighted by Crippen LogP contribution is -2.68. The Morgan fingerprint density at radius 1 is 0.957 bits per heavy atom. The van der Waals surface area contributed by atoms with Gasteiger partial charge in [0.25, 0.3) is 0 Å². The van der Waals surface area contributed by atoms with Crippen LogP contribution in [-0.4, -0.2) is 37.5 Å². The fraction of sp³-hybridized carbons (Fsp3) is 0.650. The maximum atomic E-state index is 13.5. The molecule has 0 bridgehead atoms. The number of rotatable bonds is 6. The minimum absolute atomic E-state index is 0.0105. The van der Waals surface area contributed by atoms with E-state index in [0.717, 1.165) is 37.7 Å². The van der Waals surface area contributed by atoms with Crippen molar-refractivity contribution in [2.24, 2.45) is 51.2 Å². The number of hydrogen-bond acceptors (Lipinski definition) is 4. The van der Waals surface area contributed by atoms with Gasteiger partial charge in [-0.1, -0.05) is 70.2 Å². The SMILES string of the molecule is C=C(C)[C@@H]1CC[C@]2(NC(=O)Cn3ccnn3)CC[C@]3(C)[C@H](CCC4[C@@]5(C)CC=C(c6ccc(C(=O)O)cc6)C(C)(C)C5CC[C@]43C)C12. The zero-order valence-corrected chi connectivity index (χ0v) is 29.3. The first-order valence-corrected chi connectivity index (χ1v) is 18.0. The number of amides is 1. The third-order valence-corrected chi connectivity index (χ3v) is 15.3. The van der Waals surface area contributed by atoms with Crippen molar-refractivity contribution in [3.63, 3.8) is 0 Å². The van der Waals surface area contributed by atoms with Gasteiger partial charge in [0.2, 0.25) is 5.91 Å². The van der Waals surface area contributed by atoms with Crippen LogP contribution < -0.4 is 5.32 Å². The molecule has 5 aliphatic rings. The largest absolute Gasteiger partial charge is 0.478 e. The predicted molar refractivity (Wildman–Crippen MR) is 184 cm³/mol. The third kappa shape index (κ3) is 4.64. The first-order valence-electron chi connectivity index (χ1n) is 18.0. The molecule has 0 spiro atoms. The van der Waals surface area contributed by atoms with Gasteiger partial charge in [0.05, 0.1) is 11.8 Å². The summed E-state index contributed by atoms with van der Waals surface area (Å²) in [4.78, 5) is 25.0. The molecule has 7 nitrogen and oxygen atoms in total. The van der Waals surface area contributed by atoms with Gasteiger partial charge in [-0.3, -0.25) is 4.79 Å². The first kappa shape index (κ1) is 32.3. The molecule has 4 fully saturated rings. The molecule has 1 aromatic carbocycles. The minimum atomic E-state index is -0.877. The van der Waals surface area contributed by atoms with Crippen LogP contribution in [0, 0.1) is 51.2 Å². The number of aromatic carboxylic acids is 1. The number of carboxylic acid groups (broad SMARTS) is 1. The Morgan fingerprint density at radius 3 is 2.36 bits per heavy atom. The van der Waals surface area contributed by atoms with Crippen LogP contribution in [0.3, 0.4) is 0 Å². The van der Waals surface area contributed by atoms with Crippen LogP contribution in [0.2, 0.25) is 0 Å². The number of carbonyl (C=O) groups is 2. The van der Waals surface area contributed by atoms with Crippen LogP contribution in [0.1, 0.15) is 115 Å². The van der Waals surface area contributed by atoms with Crippen molar-refractivity contribution in [2.75, 3.05) is 0 Å². The molecule has 0 saturated heterocycles. The molecular weight excluding hydrogens is 584 g/mol. The summed E-state index contributed by atoms with van der Waals surface area (Å²) >= 11 is 0. The van der Waals surface area contributed by atoms with E-state index >= 15 is 0 Å². The fourth-order valence-electron chi connectivity index (χ4n) is 13.0. The average molecular weight is 639 g/mol. The van der Waals surface area contributed by atoms with Gasteiger partial charge in [-0.2, -0.15) is 0 Å². The number of hydrogen-bond donors (Lipinski definition) is 2. The van der Waals surface area contributed by atoms with Crippen LogP contribution >= 0.6 is 0 Å². The highest BCUT2D eigenvalue weighted by Gasteiger charge is 2.70. The molecule has 5 aliphatic carbocycles. The molecule has 2 aromatic rings. The Morgan fingerprint density at radius 2 is 1.70 bits per heavy atom. The molecule has 0 radical (unpaired) electrons. The zero-order chi connectivity index (χ0) is 33.6. The standard InChI is InChI=1S/C40H54N4O3/c1-25(2)28-14-19-40(42-33(45)24-44-23-22-41-43-44)21-20-38(6)30(34(28)40)12-13-32-37(5)17-15-29(26-8-10-27(11-9-26)35(46)47)36(3,4)31(37)16-18-39(32,38)7/h8-11,15,22-23,28,30-32,34H,1,12-14,16-21,24H2,2-7H3,(H,42,45)(H,46,47)/t28-,30+,31?,32?,34?,37-,38+,39+,40-/m0/s1. The van der Waals surface area contributed by atoms with Gasteiger partial charge in [0, 0.05) is 11.7 Å². The first-order chi connectivity index (χ1) is 22.2. The van der Waals surface area contributed by atoms with Gasteiger partial charge >= 0.3 is 5.97 Å². The van der Waals surface area contributed by atoms with Crippen LogP contribution in [-0.2, 0) is 11.3 Å². The Balaban J connectivity index is 1.20. The molecule has 4 saturated carbocycles. The van der Waals surface area contributed by atoms with Gasteiger partial charge in [-0.25, -0.2) is 9.48 Å². The van der Waals surface area contributed by atoms with Crippen molar-refractivity contribution in [1.29, 1.82) is 0 Å². The molecular formula is C40H54N4O3. The molecule has 1 amide bonds. The number of benzene rings is 1. The van der Waals surface area contributed by atoms with E-state index in [2.05, 4.69) is 69.8 Å². The molecule has 1 heterocycles. The van der Waals surface area contributed by atoms with Gasteiger partial charge in [-0.05, 0) is 139 Å². The van der Waals surface area contributed by atoms with E-state index in [1.807, 2.05) is 12.1 Å².